The minimum absolute atomic E-state index is 0.218. The van der Waals surface area contributed by atoms with Crippen molar-refractivity contribution in [1.29, 1.82) is 0 Å². The molecule has 8 heteroatoms. The van der Waals surface area contributed by atoms with Crippen LogP contribution in [0.3, 0.4) is 0 Å². The number of aromatic nitrogens is 4. The molecule has 0 saturated carbocycles. The zero-order valence-corrected chi connectivity index (χ0v) is 16.5. The van der Waals surface area contributed by atoms with Gasteiger partial charge in [-0.15, -0.1) is 10.2 Å². The van der Waals surface area contributed by atoms with E-state index in [0.29, 0.717) is 22.4 Å². The Morgan fingerprint density at radius 2 is 2.00 bits per heavy atom. The Kier molecular flexibility index (Phi) is 5.14. The van der Waals surface area contributed by atoms with Crippen LogP contribution >= 0.6 is 11.6 Å². The molecule has 0 N–H and O–H groups in total. The predicted molar refractivity (Wildman–Crippen MR) is 108 cm³/mol. The van der Waals surface area contributed by atoms with Gasteiger partial charge < -0.3 is 9.15 Å². The molecule has 29 heavy (non-hydrogen) atoms. The maximum Gasteiger partial charge on any atom is 0.331 e. The molecule has 0 saturated heterocycles. The van der Waals surface area contributed by atoms with Crippen molar-refractivity contribution in [3.05, 3.63) is 77.0 Å². The quantitative estimate of drug-likeness (QED) is 0.352. The van der Waals surface area contributed by atoms with Crippen LogP contribution in [0.25, 0.3) is 23.2 Å². The third-order valence-corrected chi connectivity index (χ3v) is 4.56. The molecule has 3 aromatic heterocycles. The number of rotatable bonds is 5. The first-order chi connectivity index (χ1) is 14.0. The Labute approximate surface area is 171 Å². The van der Waals surface area contributed by atoms with Crippen molar-refractivity contribution in [2.45, 2.75) is 20.0 Å². The van der Waals surface area contributed by atoms with Crippen LogP contribution in [-0.2, 0) is 9.53 Å². The van der Waals surface area contributed by atoms with E-state index in [4.69, 9.17) is 20.8 Å². The van der Waals surface area contributed by atoms with Crippen LogP contribution in [0.15, 0.2) is 59.2 Å². The van der Waals surface area contributed by atoms with E-state index < -0.39 is 12.1 Å². The summed E-state index contributed by atoms with van der Waals surface area (Å²) in [4.78, 5) is 16.4. The molecule has 0 aliphatic rings. The fourth-order valence-corrected chi connectivity index (χ4v) is 3.00. The maximum absolute atomic E-state index is 12.2. The number of pyridine rings is 1. The second-order valence-corrected chi connectivity index (χ2v) is 6.80. The summed E-state index contributed by atoms with van der Waals surface area (Å²) in [5.41, 5.74) is 3.21. The minimum Gasteiger partial charge on any atom is -0.449 e. The number of nitrogens with zero attached hydrogens (tertiary/aromatic N) is 4. The molecule has 1 aromatic carbocycles. The van der Waals surface area contributed by atoms with Gasteiger partial charge in [-0.25, -0.2) is 9.78 Å². The van der Waals surface area contributed by atoms with E-state index in [1.165, 1.54) is 6.08 Å². The summed E-state index contributed by atoms with van der Waals surface area (Å²) in [6.07, 6.45) is 3.96. The topological polar surface area (TPSA) is 82.5 Å². The summed E-state index contributed by atoms with van der Waals surface area (Å²) >= 11 is 6.15. The Hall–Kier alpha value is -3.45. The summed E-state index contributed by atoms with van der Waals surface area (Å²) in [7, 11) is 0. The van der Waals surface area contributed by atoms with Crippen molar-refractivity contribution < 1.29 is 13.9 Å². The molecule has 4 aromatic rings. The van der Waals surface area contributed by atoms with E-state index in [-0.39, 0.29) is 5.89 Å². The Balaban J connectivity index is 1.45. The predicted octanol–water partition coefficient (Wildman–Crippen LogP) is 4.66. The van der Waals surface area contributed by atoms with Crippen molar-refractivity contribution in [3.8, 4) is 11.5 Å². The third-order valence-electron chi connectivity index (χ3n) is 4.28. The van der Waals surface area contributed by atoms with Crippen molar-refractivity contribution >= 4 is 29.3 Å². The lowest BCUT2D eigenvalue weighted by atomic mass is 10.1. The van der Waals surface area contributed by atoms with Crippen LogP contribution < -0.4 is 0 Å². The van der Waals surface area contributed by atoms with Gasteiger partial charge in [0, 0.05) is 17.8 Å². The van der Waals surface area contributed by atoms with Crippen molar-refractivity contribution in [2.24, 2.45) is 0 Å². The first-order valence-electron chi connectivity index (χ1n) is 8.93. The highest BCUT2D eigenvalue weighted by molar-refractivity contribution is 6.31. The van der Waals surface area contributed by atoms with Gasteiger partial charge in [-0.3, -0.25) is 4.40 Å². The first kappa shape index (κ1) is 18.9. The number of hydrogen-bond acceptors (Lipinski definition) is 6. The first-order valence-corrected chi connectivity index (χ1v) is 9.31. The fraction of sp³-hybridized carbons (Fsp3) is 0.143. The summed E-state index contributed by atoms with van der Waals surface area (Å²) < 4.78 is 12.8. The number of carbonyl (C=O) groups excluding carboxylic acids is 1. The van der Waals surface area contributed by atoms with Gasteiger partial charge in [-0.2, -0.15) is 0 Å². The normalized spacial score (nSPS) is 12.5. The third kappa shape index (κ3) is 4.05. The number of imidazole rings is 1. The highest BCUT2D eigenvalue weighted by Gasteiger charge is 2.18. The summed E-state index contributed by atoms with van der Waals surface area (Å²) in [6.45, 7) is 3.66. The van der Waals surface area contributed by atoms with Gasteiger partial charge in [-0.1, -0.05) is 35.4 Å². The number of halogens is 1. The average molecular weight is 409 g/mol. The fourth-order valence-electron chi connectivity index (χ4n) is 2.76. The molecule has 0 bridgehead atoms. The molecule has 1 atom stereocenters. The number of ether oxygens (including phenoxy) is 1. The van der Waals surface area contributed by atoms with Gasteiger partial charge in [0.05, 0.1) is 5.69 Å². The van der Waals surface area contributed by atoms with E-state index in [1.54, 1.807) is 17.4 Å². The average Bonchev–Trinajstić information content (AvgIpc) is 3.31. The number of benzene rings is 1. The largest absolute Gasteiger partial charge is 0.449 e. The molecule has 4 rings (SSSR count). The molecular weight excluding hydrogens is 392 g/mol. The van der Waals surface area contributed by atoms with Gasteiger partial charge in [0.15, 0.2) is 11.3 Å². The SMILES string of the molecule is Cc1ccc(-c2nnc([C@@H](C)OC(=O)/C=C/c3c(Cl)nc4ccccn34)o2)cc1. The van der Waals surface area contributed by atoms with Gasteiger partial charge >= 0.3 is 5.97 Å². The molecule has 3 heterocycles. The lowest BCUT2D eigenvalue weighted by molar-refractivity contribution is -0.143. The van der Waals surface area contributed by atoms with Gasteiger partial charge in [0.2, 0.25) is 5.89 Å². The molecule has 0 amide bonds. The summed E-state index contributed by atoms with van der Waals surface area (Å²) in [5.74, 6) is 0.0284. The molecule has 146 valence electrons. The molecule has 0 radical (unpaired) electrons. The van der Waals surface area contributed by atoms with Crippen LogP contribution in [0.5, 0.6) is 0 Å². The smallest absolute Gasteiger partial charge is 0.331 e. The number of hydrogen-bond donors (Lipinski definition) is 0. The van der Waals surface area contributed by atoms with Crippen LogP contribution in [-0.4, -0.2) is 25.6 Å². The molecule has 0 aliphatic carbocycles. The summed E-state index contributed by atoms with van der Waals surface area (Å²) in [6, 6.07) is 13.2. The number of aryl methyl sites for hydroxylation is 1. The lowest BCUT2D eigenvalue weighted by Crippen LogP contribution is -2.06. The van der Waals surface area contributed by atoms with Crippen molar-refractivity contribution in [3.63, 3.8) is 0 Å². The molecular formula is C21H17ClN4O3. The molecule has 0 aliphatic heterocycles. The Morgan fingerprint density at radius 1 is 1.21 bits per heavy atom. The van der Waals surface area contributed by atoms with Gasteiger partial charge in [0.1, 0.15) is 5.65 Å². The van der Waals surface area contributed by atoms with E-state index in [2.05, 4.69) is 15.2 Å². The lowest BCUT2D eigenvalue weighted by Gasteiger charge is -2.06. The van der Waals surface area contributed by atoms with E-state index >= 15 is 0 Å². The number of fused-ring (bicyclic) bond motifs is 1. The van der Waals surface area contributed by atoms with Crippen LogP contribution in [0.1, 0.15) is 30.2 Å². The Bertz CT molecular complexity index is 1190. The van der Waals surface area contributed by atoms with Crippen molar-refractivity contribution in [2.75, 3.05) is 0 Å². The van der Waals surface area contributed by atoms with E-state index in [0.717, 1.165) is 11.1 Å². The zero-order chi connectivity index (χ0) is 20.4. The highest BCUT2D eigenvalue weighted by atomic mass is 35.5. The molecule has 0 spiro atoms. The number of esters is 1. The molecule has 0 fully saturated rings. The Morgan fingerprint density at radius 3 is 2.79 bits per heavy atom. The minimum atomic E-state index is -0.698. The molecule has 7 nitrogen and oxygen atoms in total. The van der Waals surface area contributed by atoms with Gasteiger partial charge in [0.25, 0.3) is 5.89 Å². The summed E-state index contributed by atoms with van der Waals surface area (Å²) in [5, 5.41) is 8.30. The zero-order valence-electron chi connectivity index (χ0n) is 15.7. The van der Waals surface area contributed by atoms with Crippen molar-refractivity contribution in [1.82, 2.24) is 19.6 Å². The van der Waals surface area contributed by atoms with E-state index in [9.17, 15) is 4.79 Å². The van der Waals surface area contributed by atoms with Gasteiger partial charge in [-0.05, 0) is 44.2 Å². The van der Waals surface area contributed by atoms with E-state index in [1.807, 2.05) is 55.6 Å². The second kappa shape index (κ2) is 7.89. The van der Waals surface area contributed by atoms with Crippen LogP contribution in [0.2, 0.25) is 5.15 Å². The molecule has 0 unspecified atom stereocenters. The number of carbonyl (C=O) groups is 1. The van der Waals surface area contributed by atoms with Crippen LogP contribution in [0, 0.1) is 6.92 Å². The maximum atomic E-state index is 12.2. The second-order valence-electron chi connectivity index (χ2n) is 6.44. The van der Waals surface area contributed by atoms with Crippen LogP contribution in [0.4, 0.5) is 0 Å². The standard InChI is InChI=1S/C21H17ClN4O3/c1-13-6-8-15(9-7-13)21-25-24-20(29-21)14(2)28-18(27)11-10-16-19(22)23-17-5-3-4-12-26(16)17/h3-12,14H,1-2H3/b11-10+/t14-/m1/s1. The highest BCUT2D eigenvalue weighted by Crippen LogP contribution is 2.23. The monoisotopic (exact) mass is 408 g/mol.